The van der Waals surface area contributed by atoms with Crippen LogP contribution < -0.4 is 4.74 Å². The minimum Gasteiger partial charge on any atom is -0.457 e. The zero-order chi connectivity index (χ0) is 13.8. The molecule has 0 radical (unpaired) electrons. The van der Waals surface area contributed by atoms with Crippen molar-refractivity contribution in [1.82, 2.24) is 0 Å². The van der Waals surface area contributed by atoms with Crippen molar-refractivity contribution in [1.29, 1.82) is 0 Å². The maximum atomic E-state index is 6.04. The Labute approximate surface area is 127 Å². The largest absolute Gasteiger partial charge is 0.457 e. The molecule has 0 atom stereocenters. The van der Waals surface area contributed by atoms with Gasteiger partial charge in [0.1, 0.15) is 11.5 Å². The average molecular weight is 340 g/mol. The fourth-order valence-electron chi connectivity index (χ4n) is 1.90. The predicted octanol–water partition coefficient (Wildman–Crippen LogP) is 6.10. The molecule has 0 aliphatic carbocycles. The van der Waals surface area contributed by atoms with Crippen molar-refractivity contribution < 1.29 is 4.74 Å². The number of benzene rings is 2. The third kappa shape index (κ3) is 3.52. The van der Waals surface area contributed by atoms with E-state index < -0.39 is 0 Å². The van der Waals surface area contributed by atoms with Crippen molar-refractivity contribution in [2.45, 2.75) is 25.6 Å². The predicted molar refractivity (Wildman–Crippen MR) is 84.3 cm³/mol. The Morgan fingerprint density at radius 2 is 1.84 bits per heavy atom. The van der Waals surface area contributed by atoms with Crippen LogP contribution >= 0.6 is 27.5 Å². The Bertz CT molecular complexity index is 566. The van der Waals surface area contributed by atoms with Crippen LogP contribution in [0.4, 0.5) is 0 Å². The van der Waals surface area contributed by atoms with Crippen LogP contribution in [0.3, 0.4) is 0 Å². The van der Waals surface area contributed by atoms with Gasteiger partial charge in [-0.3, -0.25) is 0 Å². The summed E-state index contributed by atoms with van der Waals surface area (Å²) in [6.07, 6.45) is 0. The lowest BCUT2D eigenvalue weighted by Gasteiger charge is -2.15. The zero-order valence-electron chi connectivity index (χ0n) is 11.0. The van der Waals surface area contributed by atoms with E-state index in [0.29, 0.717) is 11.8 Å². The Hall–Kier alpha value is -0.990. The summed E-state index contributed by atoms with van der Waals surface area (Å²) in [6.45, 7) is 4.31. The second-order valence-corrected chi connectivity index (χ2v) is 5.86. The van der Waals surface area contributed by atoms with Crippen LogP contribution in [0.15, 0.2) is 46.9 Å². The van der Waals surface area contributed by atoms with Gasteiger partial charge in [0.2, 0.25) is 0 Å². The van der Waals surface area contributed by atoms with E-state index in [2.05, 4.69) is 35.8 Å². The highest BCUT2D eigenvalue weighted by Crippen LogP contribution is 2.34. The van der Waals surface area contributed by atoms with E-state index in [1.165, 1.54) is 5.56 Å². The molecule has 0 N–H and O–H groups in total. The Balaban J connectivity index is 2.38. The third-order valence-corrected chi connectivity index (χ3v) is 3.71. The highest BCUT2D eigenvalue weighted by molar-refractivity contribution is 9.10. The summed E-state index contributed by atoms with van der Waals surface area (Å²) in [6, 6.07) is 13.9. The molecule has 2 aromatic carbocycles. The smallest absolute Gasteiger partial charge is 0.131 e. The molecule has 0 saturated heterocycles. The van der Waals surface area contributed by atoms with Gasteiger partial charge in [-0.05, 0) is 35.7 Å². The summed E-state index contributed by atoms with van der Waals surface area (Å²) in [7, 11) is 0. The fourth-order valence-corrected chi connectivity index (χ4v) is 2.50. The quantitative estimate of drug-likeness (QED) is 0.611. The van der Waals surface area contributed by atoms with E-state index in [-0.39, 0.29) is 0 Å². The number of alkyl halides is 1. The minimum atomic E-state index is 0.399. The van der Waals surface area contributed by atoms with Crippen LogP contribution in [-0.2, 0) is 5.88 Å². The molecule has 1 nitrogen and oxygen atoms in total. The highest BCUT2D eigenvalue weighted by atomic mass is 79.9. The fraction of sp³-hybridized carbons (Fsp3) is 0.250. The SMILES string of the molecule is CC(C)c1cc(Br)ccc1Oc1ccccc1CCl. The van der Waals surface area contributed by atoms with E-state index in [0.717, 1.165) is 21.5 Å². The van der Waals surface area contributed by atoms with Gasteiger partial charge < -0.3 is 4.74 Å². The van der Waals surface area contributed by atoms with E-state index in [9.17, 15) is 0 Å². The molecule has 0 bridgehead atoms. The molecule has 0 aliphatic heterocycles. The molecule has 0 heterocycles. The molecule has 0 amide bonds. The Morgan fingerprint density at radius 3 is 2.53 bits per heavy atom. The highest BCUT2D eigenvalue weighted by Gasteiger charge is 2.11. The lowest BCUT2D eigenvalue weighted by molar-refractivity contribution is 0.469. The van der Waals surface area contributed by atoms with Gasteiger partial charge in [-0.1, -0.05) is 48.0 Å². The number of hydrogen-bond donors (Lipinski definition) is 0. The van der Waals surface area contributed by atoms with Gasteiger partial charge in [0.15, 0.2) is 0 Å². The molecule has 0 aromatic heterocycles. The Kier molecular flexibility index (Phi) is 4.89. The van der Waals surface area contributed by atoms with Crippen LogP contribution in [0.5, 0.6) is 11.5 Å². The molecule has 2 aromatic rings. The lowest BCUT2D eigenvalue weighted by Crippen LogP contribution is -1.96. The summed E-state index contributed by atoms with van der Waals surface area (Å²) in [4.78, 5) is 0. The van der Waals surface area contributed by atoms with Crippen molar-refractivity contribution in [3.63, 3.8) is 0 Å². The van der Waals surface area contributed by atoms with Crippen molar-refractivity contribution in [2.75, 3.05) is 0 Å². The van der Waals surface area contributed by atoms with E-state index in [1.54, 1.807) is 0 Å². The summed E-state index contributed by atoms with van der Waals surface area (Å²) in [5.41, 5.74) is 2.18. The van der Waals surface area contributed by atoms with E-state index >= 15 is 0 Å². The van der Waals surface area contributed by atoms with Gasteiger partial charge in [-0.2, -0.15) is 0 Å². The molecule has 2 rings (SSSR count). The van der Waals surface area contributed by atoms with Crippen LogP contribution in [0.1, 0.15) is 30.9 Å². The van der Waals surface area contributed by atoms with Crippen LogP contribution in [0.2, 0.25) is 0 Å². The molecule has 0 spiro atoms. The first-order valence-corrected chi connectivity index (χ1v) is 7.55. The molecule has 100 valence electrons. The molecular weight excluding hydrogens is 324 g/mol. The molecular formula is C16H16BrClO. The van der Waals surface area contributed by atoms with Gasteiger partial charge in [0.25, 0.3) is 0 Å². The standard InChI is InChI=1S/C16H16BrClO/c1-11(2)14-9-13(17)7-8-16(14)19-15-6-4-3-5-12(15)10-18/h3-9,11H,10H2,1-2H3. The molecule has 0 fully saturated rings. The molecule has 0 saturated carbocycles. The minimum absolute atomic E-state index is 0.399. The maximum absolute atomic E-state index is 6.04. The van der Waals surface area contributed by atoms with E-state index in [1.807, 2.05) is 36.4 Å². The molecule has 19 heavy (non-hydrogen) atoms. The second kappa shape index (κ2) is 6.44. The van der Waals surface area contributed by atoms with Gasteiger partial charge in [0, 0.05) is 10.0 Å². The zero-order valence-corrected chi connectivity index (χ0v) is 13.3. The maximum Gasteiger partial charge on any atom is 0.131 e. The average Bonchev–Trinajstić information content (AvgIpc) is 2.41. The van der Waals surface area contributed by atoms with Crippen molar-refractivity contribution in [2.24, 2.45) is 0 Å². The topological polar surface area (TPSA) is 9.23 Å². The van der Waals surface area contributed by atoms with Crippen LogP contribution in [-0.4, -0.2) is 0 Å². The number of para-hydroxylation sites is 1. The normalized spacial score (nSPS) is 10.8. The molecule has 0 aliphatic rings. The first kappa shape index (κ1) is 14.4. The molecule has 3 heteroatoms. The van der Waals surface area contributed by atoms with E-state index in [4.69, 9.17) is 16.3 Å². The summed E-state index contributed by atoms with van der Waals surface area (Å²) < 4.78 is 7.11. The number of rotatable bonds is 4. The summed E-state index contributed by atoms with van der Waals surface area (Å²) >= 11 is 9.44. The lowest BCUT2D eigenvalue weighted by atomic mass is 10.0. The van der Waals surface area contributed by atoms with Gasteiger partial charge >= 0.3 is 0 Å². The molecule has 0 unspecified atom stereocenters. The number of ether oxygens (including phenoxy) is 1. The summed E-state index contributed by atoms with van der Waals surface area (Å²) in [5, 5.41) is 0. The second-order valence-electron chi connectivity index (χ2n) is 4.68. The van der Waals surface area contributed by atoms with Gasteiger partial charge in [-0.15, -0.1) is 11.6 Å². The van der Waals surface area contributed by atoms with Crippen LogP contribution in [0.25, 0.3) is 0 Å². The van der Waals surface area contributed by atoms with Crippen molar-refractivity contribution in [3.05, 3.63) is 58.1 Å². The Morgan fingerprint density at radius 1 is 1.11 bits per heavy atom. The number of hydrogen-bond acceptors (Lipinski definition) is 1. The van der Waals surface area contributed by atoms with Gasteiger partial charge in [0.05, 0.1) is 5.88 Å². The first-order chi connectivity index (χ1) is 9.11. The monoisotopic (exact) mass is 338 g/mol. The first-order valence-electron chi connectivity index (χ1n) is 6.23. The van der Waals surface area contributed by atoms with Crippen molar-refractivity contribution in [3.8, 4) is 11.5 Å². The third-order valence-electron chi connectivity index (χ3n) is 2.93. The summed E-state index contributed by atoms with van der Waals surface area (Å²) in [5.74, 6) is 2.55. The van der Waals surface area contributed by atoms with Crippen molar-refractivity contribution >= 4 is 27.5 Å². The van der Waals surface area contributed by atoms with Crippen LogP contribution in [0, 0.1) is 0 Å². The number of halogens is 2. The van der Waals surface area contributed by atoms with Gasteiger partial charge in [-0.25, -0.2) is 0 Å².